The summed E-state index contributed by atoms with van der Waals surface area (Å²) in [7, 11) is 0. The van der Waals surface area contributed by atoms with Crippen LogP contribution in [0.5, 0.6) is 5.75 Å². The molecule has 0 atom stereocenters. The molecule has 9 heteroatoms. The Morgan fingerprint density at radius 3 is 2.64 bits per heavy atom. The lowest BCUT2D eigenvalue weighted by Crippen LogP contribution is -2.25. The highest BCUT2D eigenvalue weighted by Crippen LogP contribution is 2.38. The lowest BCUT2D eigenvalue weighted by molar-refractivity contribution is -0.143. The number of carbonyl (C=O) groups excluding carboxylic acids is 2. The van der Waals surface area contributed by atoms with Crippen LogP contribution < -0.4 is 10.1 Å². The summed E-state index contributed by atoms with van der Waals surface area (Å²) in [4.78, 5) is 24.1. The second-order valence-corrected chi connectivity index (χ2v) is 6.19. The molecule has 1 amide bonds. The molecule has 1 N–H and O–H groups in total. The summed E-state index contributed by atoms with van der Waals surface area (Å²) in [5.74, 6) is -1.15. The number of anilines is 1. The molecule has 1 aliphatic rings. The Morgan fingerprint density at radius 2 is 1.89 bits per heavy atom. The zero-order valence-electron chi connectivity index (χ0n) is 14.2. The van der Waals surface area contributed by atoms with E-state index in [2.05, 4.69) is 0 Å². The average Bonchev–Trinajstić information content (AvgIpc) is 2.66. The van der Waals surface area contributed by atoms with Gasteiger partial charge in [0.1, 0.15) is 12.4 Å². The molecule has 1 heterocycles. The Hall–Kier alpha value is -3.00. The summed E-state index contributed by atoms with van der Waals surface area (Å²) >= 11 is 5.76. The maximum Gasteiger partial charge on any atom is 0.418 e. The number of esters is 1. The van der Waals surface area contributed by atoms with E-state index in [1.807, 2.05) is 5.32 Å². The predicted molar refractivity (Wildman–Crippen MR) is 96.0 cm³/mol. The van der Waals surface area contributed by atoms with Crippen molar-refractivity contribution in [1.82, 2.24) is 0 Å². The third-order valence-corrected chi connectivity index (χ3v) is 4.13. The van der Waals surface area contributed by atoms with E-state index in [-0.39, 0.29) is 17.2 Å². The molecule has 0 spiro atoms. The number of hydrogen-bond acceptors (Lipinski definition) is 4. The molecule has 2 aromatic carbocycles. The summed E-state index contributed by atoms with van der Waals surface area (Å²) in [5, 5.41) is 1.76. The molecule has 5 nitrogen and oxygen atoms in total. The summed E-state index contributed by atoms with van der Waals surface area (Å²) in [5.41, 5.74) is -0.831. The number of fused-ring (bicyclic) bond motifs is 1. The van der Waals surface area contributed by atoms with Gasteiger partial charge in [-0.2, -0.15) is 13.2 Å². The van der Waals surface area contributed by atoms with Crippen molar-refractivity contribution in [3.05, 3.63) is 64.2 Å². The third kappa shape index (κ3) is 4.45. The van der Waals surface area contributed by atoms with Crippen molar-refractivity contribution in [2.75, 3.05) is 18.5 Å². The summed E-state index contributed by atoms with van der Waals surface area (Å²) in [6.45, 7) is -0.819. The monoisotopic (exact) mass is 411 g/mol. The van der Waals surface area contributed by atoms with Crippen molar-refractivity contribution < 1.29 is 32.2 Å². The standard InChI is InChI=1S/C19H13ClF3NO4/c20-14-6-3-5-13(19(21,22)23)17(14)24-16(25)10-28-18(26)12-8-11-4-1-2-7-15(11)27-9-12/h1-8H,9-10H2,(H,24,25). The van der Waals surface area contributed by atoms with Crippen LogP contribution in [0.15, 0.2) is 48.0 Å². The van der Waals surface area contributed by atoms with Gasteiger partial charge in [-0.25, -0.2) is 4.79 Å². The van der Waals surface area contributed by atoms with Gasteiger partial charge in [0.05, 0.1) is 21.8 Å². The van der Waals surface area contributed by atoms with Crippen LogP contribution in [0.1, 0.15) is 11.1 Å². The van der Waals surface area contributed by atoms with E-state index in [9.17, 15) is 22.8 Å². The van der Waals surface area contributed by atoms with Gasteiger partial charge >= 0.3 is 12.1 Å². The minimum atomic E-state index is -4.71. The molecule has 1 aliphatic heterocycles. The molecule has 0 aromatic heterocycles. The molecule has 0 saturated heterocycles. The largest absolute Gasteiger partial charge is 0.488 e. The van der Waals surface area contributed by atoms with Crippen molar-refractivity contribution in [2.45, 2.75) is 6.18 Å². The molecule has 0 saturated carbocycles. The normalized spacial score (nSPS) is 13.1. The average molecular weight is 412 g/mol. The van der Waals surface area contributed by atoms with E-state index in [1.54, 1.807) is 30.3 Å². The molecule has 0 unspecified atom stereocenters. The number of alkyl halides is 3. The number of amides is 1. The SMILES string of the molecule is O=C(COC(=O)C1=Cc2ccccc2OC1)Nc1c(Cl)cccc1C(F)(F)F. The van der Waals surface area contributed by atoms with Crippen molar-refractivity contribution in [2.24, 2.45) is 0 Å². The smallest absolute Gasteiger partial charge is 0.418 e. The van der Waals surface area contributed by atoms with Gasteiger partial charge in [0.2, 0.25) is 0 Å². The van der Waals surface area contributed by atoms with E-state index < -0.39 is 35.9 Å². The summed E-state index contributed by atoms with van der Waals surface area (Å²) in [6.07, 6.45) is -3.14. The fourth-order valence-electron chi connectivity index (χ4n) is 2.52. The molecule has 146 valence electrons. The Bertz CT molecular complexity index is 956. The maximum atomic E-state index is 13.0. The van der Waals surface area contributed by atoms with Gasteiger partial charge in [0.25, 0.3) is 5.91 Å². The number of ether oxygens (including phenoxy) is 2. The highest BCUT2D eigenvalue weighted by atomic mass is 35.5. The molecule has 2 aromatic rings. The number of para-hydroxylation sites is 2. The molecular formula is C19H13ClF3NO4. The van der Waals surface area contributed by atoms with Gasteiger partial charge in [-0.15, -0.1) is 0 Å². The number of rotatable bonds is 4. The lowest BCUT2D eigenvalue weighted by atomic mass is 10.1. The molecular weight excluding hydrogens is 399 g/mol. The molecule has 3 rings (SSSR count). The van der Waals surface area contributed by atoms with E-state index in [0.717, 1.165) is 12.1 Å². The van der Waals surface area contributed by atoms with Crippen molar-refractivity contribution in [3.63, 3.8) is 0 Å². The zero-order valence-corrected chi connectivity index (χ0v) is 14.9. The van der Waals surface area contributed by atoms with E-state index in [0.29, 0.717) is 11.3 Å². The minimum Gasteiger partial charge on any atom is -0.488 e. The number of benzene rings is 2. The van der Waals surface area contributed by atoms with Crippen molar-refractivity contribution >= 4 is 35.2 Å². The van der Waals surface area contributed by atoms with Crippen LogP contribution in [0.2, 0.25) is 5.02 Å². The number of halogens is 4. The maximum absolute atomic E-state index is 13.0. The topological polar surface area (TPSA) is 64.6 Å². The van der Waals surface area contributed by atoms with E-state index in [1.165, 1.54) is 6.07 Å². The van der Waals surface area contributed by atoms with Gasteiger partial charge in [0, 0.05) is 5.56 Å². The van der Waals surface area contributed by atoms with Gasteiger partial charge in [0.15, 0.2) is 6.61 Å². The lowest BCUT2D eigenvalue weighted by Gasteiger charge is -2.17. The Kier molecular flexibility index (Phi) is 5.60. The Morgan fingerprint density at radius 1 is 1.14 bits per heavy atom. The van der Waals surface area contributed by atoms with E-state index in [4.69, 9.17) is 21.1 Å². The molecule has 0 fully saturated rings. The summed E-state index contributed by atoms with van der Waals surface area (Å²) < 4.78 is 49.4. The van der Waals surface area contributed by atoms with Crippen molar-refractivity contribution in [1.29, 1.82) is 0 Å². The fourth-order valence-corrected chi connectivity index (χ4v) is 2.74. The first-order valence-corrected chi connectivity index (χ1v) is 8.38. The first-order chi connectivity index (χ1) is 13.3. The molecule has 28 heavy (non-hydrogen) atoms. The number of carbonyl (C=O) groups is 2. The third-order valence-electron chi connectivity index (χ3n) is 3.81. The Balaban J connectivity index is 1.65. The van der Waals surface area contributed by atoms with E-state index >= 15 is 0 Å². The quantitative estimate of drug-likeness (QED) is 0.761. The molecule has 0 bridgehead atoms. The van der Waals surface area contributed by atoms with Crippen LogP contribution in [-0.4, -0.2) is 25.1 Å². The van der Waals surface area contributed by atoms with Gasteiger partial charge in [-0.3, -0.25) is 4.79 Å². The first kappa shape index (κ1) is 19.8. The van der Waals surface area contributed by atoms with Crippen molar-refractivity contribution in [3.8, 4) is 5.75 Å². The zero-order chi connectivity index (χ0) is 20.3. The molecule has 0 aliphatic carbocycles. The van der Waals surface area contributed by atoms with Crippen LogP contribution in [0.3, 0.4) is 0 Å². The fraction of sp³-hybridized carbons (Fsp3) is 0.158. The highest BCUT2D eigenvalue weighted by molar-refractivity contribution is 6.34. The second kappa shape index (κ2) is 7.93. The van der Waals surface area contributed by atoms with Gasteiger partial charge in [-0.05, 0) is 24.3 Å². The molecule has 0 radical (unpaired) electrons. The van der Waals surface area contributed by atoms with Crippen LogP contribution >= 0.6 is 11.6 Å². The highest BCUT2D eigenvalue weighted by Gasteiger charge is 2.35. The summed E-state index contributed by atoms with van der Waals surface area (Å²) in [6, 6.07) is 10.1. The van der Waals surface area contributed by atoms with Crippen LogP contribution in [0.25, 0.3) is 6.08 Å². The number of hydrogen-bond donors (Lipinski definition) is 1. The minimum absolute atomic E-state index is 0.0415. The van der Waals surface area contributed by atoms with Crippen LogP contribution in [0.4, 0.5) is 18.9 Å². The Labute approximate surface area is 162 Å². The predicted octanol–water partition coefficient (Wildman–Crippen LogP) is 4.32. The van der Waals surface area contributed by atoms with Gasteiger partial charge in [-0.1, -0.05) is 35.9 Å². The van der Waals surface area contributed by atoms with Crippen LogP contribution in [-0.2, 0) is 20.5 Å². The van der Waals surface area contributed by atoms with Gasteiger partial charge < -0.3 is 14.8 Å². The number of nitrogens with one attached hydrogen (secondary N) is 1. The second-order valence-electron chi connectivity index (χ2n) is 5.78. The first-order valence-electron chi connectivity index (χ1n) is 8.01. The van der Waals surface area contributed by atoms with Crippen LogP contribution in [0, 0.1) is 0 Å².